The van der Waals surface area contributed by atoms with Crippen molar-refractivity contribution in [2.45, 2.75) is 31.8 Å². The summed E-state index contributed by atoms with van der Waals surface area (Å²) in [6, 6.07) is 5.87. The highest BCUT2D eigenvalue weighted by Crippen LogP contribution is 2.27. The van der Waals surface area contributed by atoms with E-state index in [9.17, 15) is 0 Å². The van der Waals surface area contributed by atoms with Crippen LogP contribution < -0.4 is 10.6 Å². The Morgan fingerprint density at radius 2 is 2.23 bits per heavy atom. The highest BCUT2D eigenvalue weighted by molar-refractivity contribution is 6.33. The third-order valence-corrected chi connectivity index (χ3v) is 4.97. The van der Waals surface area contributed by atoms with E-state index in [1.807, 2.05) is 0 Å². The van der Waals surface area contributed by atoms with Gasteiger partial charge in [0.2, 0.25) is 0 Å². The second-order valence-electron chi connectivity index (χ2n) is 6.53. The van der Waals surface area contributed by atoms with Gasteiger partial charge in [-0.05, 0) is 38.4 Å². The van der Waals surface area contributed by atoms with Gasteiger partial charge in [0.05, 0.1) is 17.1 Å². The molecule has 26 heavy (non-hydrogen) atoms. The van der Waals surface area contributed by atoms with E-state index >= 15 is 0 Å². The molecule has 3 rings (SSSR count). The second kappa shape index (κ2) is 8.30. The number of hydrogen-bond donors (Lipinski definition) is 1. The van der Waals surface area contributed by atoms with E-state index in [0.717, 1.165) is 44.0 Å². The molecule has 2 N–H and O–H groups in total. The first kappa shape index (κ1) is 18.4. The Hall–Kier alpha value is -2.43. The van der Waals surface area contributed by atoms with E-state index < -0.39 is 0 Å². The Bertz CT molecular complexity index is 804. The minimum atomic E-state index is 0.433. The van der Waals surface area contributed by atoms with E-state index in [4.69, 9.17) is 22.6 Å². The topological polar surface area (TPSA) is 95.0 Å². The first-order chi connectivity index (χ1) is 12.6. The van der Waals surface area contributed by atoms with Gasteiger partial charge in [0.15, 0.2) is 0 Å². The van der Waals surface area contributed by atoms with Gasteiger partial charge in [0, 0.05) is 31.5 Å². The molecule has 1 fully saturated rings. The van der Waals surface area contributed by atoms with Crippen LogP contribution in [0.5, 0.6) is 0 Å². The molecule has 8 heteroatoms. The van der Waals surface area contributed by atoms with Crippen molar-refractivity contribution in [3.05, 3.63) is 40.9 Å². The van der Waals surface area contributed by atoms with Crippen LogP contribution in [0.4, 0.5) is 11.6 Å². The molecule has 0 bridgehead atoms. The number of rotatable bonds is 4. The van der Waals surface area contributed by atoms with Crippen LogP contribution in [0.2, 0.25) is 5.02 Å². The maximum absolute atomic E-state index is 8.96. The van der Waals surface area contributed by atoms with Crippen molar-refractivity contribution in [2.75, 3.05) is 30.8 Å². The Labute approximate surface area is 158 Å². The smallest absolute Gasteiger partial charge is 0.147 e. The molecular formula is C18H22ClN7. The predicted octanol–water partition coefficient (Wildman–Crippen LogP) is 2.47. The number of anilines is 2. The molecule has 2 aromatic heterocycles. The van der Waals surface area contributed by atoms with Crippen LogP contribution in [0.3, 0.4) is 0 Å². The molecule has 1 saturated heterocycles. The molecule has 0 aliphatic carbocycles. The quantitative estimate of drug-likeness (QED) is 0.881. The largest absolute Gasteiger partial charge is 0.384 e. The van der Waals surface area contributed by atoms with Gasteiger partial charge in [0.1, 0.15) is 23.5 Å². The number of halogens is 1. The van der Waals surface area contributed by atoms with Crippen LogP contribution in [0.25, 0.3) is 0 Å². The number of nitrogens with two attached hydrogens (primary N) is 1. The molecular weight excluding hydrogens is 350 g/mol. The van der Waals surface area contributed by atoms with Crippen molar-refractivity contribution in [1.29, 1.82) is 5.26 Å². The zero-order chi connectivity index (χ0) is 18.5. The molecule has 1 unspecified atom stereocenters. The molecule has 3 heterocycles. The summed E-state index contributed by atoms with van der Waals surface area (Å²) in [7, 11) is 2.10. The minimum absolute atomic E-state index is 0.433. The van der Waals surface area contributed by atoms with E-state index in [2.05, 4.69) is 37.9 Å². The fraction of sp³-hybridized carbons (Fsp3) is 0.444. The average Bonchev–Trinajstić information content (AvgIpc) is 2.87. The van der Waals surface area contributed by atoms with Crippen LogP contribution in [0.1, 0.15) is 30.7 Å². The number of nitriles is 1. The second-order valence-corrected chi connectivity index (χ2v) is 6.93. The molecule has 1 atom stereocenters. The summed E-state index contributed by atoms with van der Waals surface area (Å²) in [5.74, 6) is 2.00. The van der Waals surface area contributed by atoms with Crippen molar-refractivity contribution in [3.63, 3.8) is 0 Å². The number of aromatic nitrogens is 3. The molecule has 2 aromatic rings. The van der Waals surface area contributed by atoms with Crippen LogP contribution in [-0.4, -0.2) is 46.0 Å². The first-order valence-corrected chi connectivity index (χ1v) is 9.03. The number of nitrogen functional groups attached to an aromatic ring is 1. The van der Waals surface area contributed by atoms with Gasteiger partial charge in [-0.15, -0.1) is 0 Å². The van der Waals surface area contributed by atoms with Crippen molar-refractivity contribution in [3.8, 4) is 6.07 Å². The van der Waals surface area contributed by atoms with Crippen molar-refractivity contribution in [2.24, 2.45) is 0 Å². The Kier molecular flexibility index (Phi) is 5.86. The van der Waals surface area contributed by atoms with E-state index in [-0.39, 0.29) is 0 Å². The average molecular weight is 372 g/mol. The standard InChI is InChI=1S/C18H22ClN7/c1-25(12-17-22-6-4-16(21)24-17)14-3-2-7-26(8-5-14)18-15(19)9-13(10-20)11-23-18/h4,6,9,11,14H,2-3,5,7-8,12H2,1H3,(H2,21,22,24). The molecule has 7 nitrogen and oxygen atoms in total. The Balaban J connectivity index is 1.63. The maximum atomic E-state index is 8.96. The van der Waals surface area contributed by atoms with Gasteiger partial charge in [-0.25, -0.2) is 15.0 Å². The van der Waals surface area contributed by atoms with Crippen LogP contribution in [-0.2, 0) is 6.54 Å². The lowest BCUT2D eigenvalue weighted by Crippen LogP contribution is -2.33. The monoisotopic (exact) mass is 371 g/mol. The van der Waals surface area contributed by atoms with Gasteiger partial charge < -0.3 is 10.6 Å². The van der Waals surface area contributed by atoms with Gasteiger partial charge in [-0.2, -0.15) is 5.26 Å². The summed E-state index contributed by atoms with van der Waals surface area (Å²) in [6.07, 6.45) is 6.40. The van der Waals surface area contributed by atoms with E-state index in [1.165, 1.54) is 0 Å². The van der Waals surface area contributed by atoms with Gasteiger partial charge in [-0.1, -0.05) is 11.6 Å². The fourth-order valence-corrected chi connectivity index (χ4v) is 3.58. The van der Waals surface area contributed by atoms with E-state index in [1.54, 1.807) is 24.5 Å². The summed E-state index contributed by atoms with van der Waals surface area (Å²) in [5.41, 5.74) is 6.22. The summed E-state index contributed by atoms with van der Waals surface area (Å²) in [5, 5.41) is 9.49. The normalized spacial score (nSPS) is 17.8. The lowest BCUT2D eigenvalue weighted by Gasteiger charge is -2.27. The van der Waals surface area contributed by atoms with Crippen LogP contribution in [0.15, 0.2) is 24.5 Å². The zero-order valence-corrected chi connectivity index (χ0v) is 15.5. The van der Waals surface area contributed by atoms with Crippen molar-refractivity contribution >= 4 is 23.2 Å². The molecule has 1 aliphatic rings. The minimum Gasteiger partial charge on any atom is -0.384 e. The van der Waals surface area contributed by atoms with E-state index in [0.29, 0.717) is 29.0 Å². The molecule has 136 valence electrons. The Morgan fingerprint density at radius 3 is 2.96 bits per heavy atom. The molecule has 0 aromatic carbocycles. The van der Waals surface area contributed by atoms with Crippen LogP contribution >= 0.6 is 11.6 Å². The summed E-state index contributed by atoms with van der Waals surface area (Å²) in [6.45, 7) is 2.44. The number of nitrogens with zero attached hydrogens (tertiary/aromatic N) is 6. The van der Waals surface area contributed by atoms with Gasteiger partial charge in [0.25, 0.3) is 0 Å². The predicted molar refractivity (Wildman–Crippen MR) is 102 cm³/mol. The highest BCUT2D eigenvalue weighted by Gasteiger charge is 2.23. The Morgan fingerprint density at radius 1 is 1.38 bits per heavy atom. The summed E-state index contributed by atoms with van der Waals surface area (Å²) < 4.78 is 0. The third-order valence-electron chi connectivity index (χ3n) is 4.69. The molecule has 0 amide bonds. The highest BCUT2D eigenvalue weighted by atomic mass is 35.5. The molecule has 0 saturated carbocycles. The SMILES string of the molecule is CN(Cc1nccc(N)n1)C1CCCN(c2ncc(C#N)cc2Cl)CC1. The molecule has 0 radical (unpaired) electrons. The first-order valence-electron chi connectivity index (χ1n) is 8.65. The van der Waals surface area contributed by atoms with Crippen molar-refractivity contribution < 1.29 is 0 Å². The summed E-state index contributed by atoms with van der Waals surface area (Å²) in [4.78, 5) is 17.4. The zero-order valence-electron chi connectivity index (χ0n) is 14.8. The van der Waals surface area contributed by atoms with Gasteiger partial charge in [-0.3, -0.25) is 4.90 Å². The lowest BCUT2D eigenvalue weighted by atomic mass is 10.1. The number of pyridine rings is 1. The summed E-state index contributed by atoms with van der Waals surface area (Å²) >= 11 is 6.32. The maximum Gasteiger partial charge on any atom is 0.147 e. The molecule has 1 aliphatic heterocycles. The third kappa shape index (κ3) is 4.40. The van der Waals surface area contributed by atoms with Crippen LogP contribution in [0, 0.1) is 11.3 Å². The van der Waals surface area contributed by atoms with Gasteiger partial charge >= 0.3 is 0 Å². The lowest BCUT2D eigenvalue weighted by molar-refractivity contribution is 0.212. The number of hydrogen-bond acceptors (Lipinski definition) is 7. The molecule has 0 spiro atoms. The fourth-order valence-electron chi connectivity index (χ4n) is 3.30. The van der Waals surface area contributed by atoms with Crippen molar-refractivity contribution in [1.82, 2.24) is 19.9 Å².